The SMILES string of the molecule is Cc1ccc2oc(CCc3ccccc3N)nc2n1. The van der Waals surface area contributed by atoms with Crippen LogP contribution in [0.1, 0.15) is 17.1 Å². The molecule has 19 heavy (non-hydrogen) atoms. The van der Waals surface area contributed by atoms with Crippen molar-refractivity contribution in [1.82, 2.24) is 9.97 Å². The summed E-state index contributed by atoms with van der Waals surface area (Å²) in [5, 5.41) is 0. The fourth-order valence-electron chi connectivity index (χ4n) is 2.07. The van der Waals surface area contributed by atoms with Gasteiger partial charge in [0.1, 0.15) is 0 Å². The van der Waals surface area contributed by atoms with E-state index in [1.54, 1.807) is 0 Å². The first-order chi connectivity index (χ1) is 9.22. The van der Waals surface area contributed by atoms with Gasteiger partial charge in [0.15, 0.2) is 17.1 Å². The Morgan fingerprint density at radius 3 is 2.74 bits per heavy atom. The van der Waals surface area contributed by atoms with Crippen LogP contribution in [0.5, 0.6) is 0 Å². The van der Waals surface area contributed by atoms with Gasteiger partial charge < -0.3 is 10.2 Å². The van der Waals surface area contributed by atoms with Crippen LogP contribution in [-0.2, 0) is 12.8 Å². The molecule has 0 saturated heterocycles. The molecule has 0 amide bonds. The molecule has 0 saturated carbocycles. The van der Waals surface area contributed by atoms with Crippen LogP contribution in [0, 0.1) is 6.92 Å². The van der Waals surface area contributed by atoms with Crippen molar-refractivity contribution in [1.29, 1.82) is 0 Å². The summed E-state index contributed by atoms with van der Waals surface area (Å²) in [6, 6.07) is 11.7. The van der Waals surface area contributed by atoms with Crippen LogP contribution >= 0.6 is 0 Å². The lowest BCUT2D eigenvalue weighted by atomic mass is 10.1. The van der Waals surface area contributed by atoms with Gasteiger partial charge in [0.2, 0.25) is 0 Å². The normalized spacial score (nSPS) is 11.0. The van der Waals surface area contributed by atoms with E-state index in [1.807, 2.05) is 43.3 Å². The van der Waals surface area contributed by atoms with Gasteiger partial charge in [0, 0.05) is 17.8 Å². The number of rotatable bonds is 3. The van der Waals surface area contributed by atoms with E-state index in [1.165, 1.54) is 0 Å². The molecule has 0 spiro atoms. The molecule has 0 aliphatic rings. The molecular formula is C15H15N3O. The zero-order chi connectivity index (χ0) is 13.2. The highest BCUT2D eigenvalue weighted by atomic mass is 16.3. The van der Waals surface area contributed by atoms with Gasteiger partial charge in [-0.1, -0.05) is 18.2 Å². The van der Waals surface area contributed by atoms with Gasteiger partial charge in [0.25, 0.3) is 0 Å². The van der Waals surface area contributed by atoms with Crippen LogP contribution in [0.2, 0.25) is 0 Å². The first-order valence-corrected chi connectivity index (χ1v) is 6.29. The molecule has 0 fully saturated rings. The van der Waals surface area contributed by atoms with Crippen LogP contribution in [0.3, 0.4) is 0 Å². The van der Waals surface area contributed by atoms with E-state index in [0.717, 1.165) is 35.4 Å². The first-order valence-electron chi connectivity index (χ1n) is 6.29. The van der Waals surface area contributed by atoms with E-state index < -0.39 is 0 Å². The number of aromatic nitrogens is 2. The second kappa shape index (κ2) is 4.72. The highest BCUT2D eigenvalue weighted by Gasteiger charge is 2.08. The highest BCUT2D eigenvalue weighted by molar-refractivity contribution is 5.67. The summed E-state index contributed by atoms with van der Waals surface area (Å²) in [6.07, 6.45) is 1.54. The lowest BCUT2D eigenvalue weighted by molar-refractivity contribution is 0.528. The van der Waals surface area contributed by atoms with Gasteiger partial charge in [-0.25, -0.2) is 4.98 Å². The third-order valence-electron chi connectivity index (χ3n) is 3.10. The largest absolute Gasteiger partial charge is 0.439 e. The van der Waals surface area contributed by atoms with Gasteiger partial charge in [-0.2, -0.15) is 4.98 Å². The Morgan fingerprint density at radius 2 is 1.89 bits per heavy atom. The van der Waals surface area contributed by atoms with Gasteiger partial charge in [-0.3, -0.25) is 0 Å². The Morgan fingerprint density at radius 1 is 1.05 bits per heavy atom. The van der Waals surface area contributed by atoms with Crippen molar-refractivity contribution < 1.29 is 4.42 Å². The summed E-state index contributed by atoms with van der Waals surface area (Å²) in [4.78, 5) is 8.74. The second-order valence-electron chi connectivity index (χ2n) is 4.58. The maximum absolute atomic E-state index is 5.92. The Kier molecular flexibility index (Phi) is 2.91. The number of benzene rings is 1. The standard InChI is InChI=1S/C15H15N3O/c1-10-6-8-13-15(17-10)18-14(19-13)9-7-11-4-2-3-5-12(11)16/h2-6,8H,7,9,16H2,1H3. The van der Waals surface area contributed by atoms with Crippen molar-refractivity contribution in [3.63, 3.8) is 0 Å². The lowest BCUT2D eigenvalue weighted by Crippen LogP contribution is -1.96. The Labute approximate surface area is 111 Å². The summed E-state index contributed by atoms with van der Waals surface area (Å²) in [6.45, 7) is 1.94. The second-order valence-corrected chi connectivity index (χ2v) is 4.58. The van der Waals surface area contributed by atoms with Gasteiger partial charge in [0.05, 0.1) is 0 Å². The number of hydrogen-bond acceptors (Lipinski definition) is 4. The van der Waals surface area contributed by atoms with E-state index in [2.05, 4.69) is 9.97 Å². The zero-order valence-electron chi connectivity index (χ0n) is 10.8. The van der Waals surface area contributed by atoms with Crippen molar-refractivity contribution in [2.75, 3.05) is 5.73 Å². The molecule has 96 valence electrons. The molecule has 0 aliphatic heterocycles. The zero-order valence-corrected chi connectivity index (χ0v) is 10.8. The predicted octanol–water partition coefficient (Wildman–Crippen LogP) is 2.90. The minimum atomic E-state index is 0.677. The molecule has 3 aromatic rings. The predicted molar refractivity (Wildman–Crippen MR) is 74.8 cm³/mol. The molecule has 2 N–H and O–H groups in total. The Balaban J connectivity index is 1.80. The van der Waals surface area contributed by atoms with E-state index in [4.69, 9.17) is 10.2 Å². The number of oxazole rings is 1. The summed E-state index contributed by atoms with van der Waals surface area (Å²) < 4.78 is 5.67. The molecule has 0 bridgehead atoms. The van der Waals surface area contributed by atoms with Crippen molar-refractivity contribution in [3.8, 4) is 0 Å². The number of pyridine rings is 1. The first kappa shape index (κ1) is 11.7. The van der Waals surface area contributed by atoms with Crippen LogP contribution in [0.15, 0.2) is 40.8 Å². The van der Waals surface area contributed by atoms with Crippen molar-refractivity contribution in [2.24, 2.45) is 0 Å². The summed E-state index contributed by atoms with van der Waals surface area (Å²) >= 11 is 0. The van der Waals surface area contributed by atoms with E-state index in [-0.39, 0.29) is 0 Å². The summed E-state index contributed by atoms with van der Waals surface area (Å²) in [5.41, 5.74) is 10.2. The van der Waals surface area contributed by atoms with E-state index >= 15 is 0 Å². The molecule has 0 unspecified atom stereocenters. The number of nitrogens with two attached hydrogens (primary N) is 1. The number of hydrogen-bond donors (Lipinski definition) is 1. The third-order valence-corrected chi connectivity index (χ3v) is 3.10. The summed E-state index contributed by atoms with van der Waals surface area (Å²) in [7, 11) is 0. The number of nitrogens with zero attached hydrogens (tertiary/aromatic N) is 2. The smallest absolute Gasteiger partial charge is 0.199 e. The molecule has 0 radical (unpaired) electrons. The lowest BCUT2D eigenvalue weighted by Gasteiger charge is -2.02. The van der Waals surface area contributed by atoms with E-state index in [0.29, 0.717) is 11.5 Å². The number of fused-ring (bicyclic) bond motifs is 1. The minimum Gasteiger partial charge on any atom is -0.439 e. The Bertz CT molecular complexity index is 718. The van der Waals surface area contributed by atoms with Crippen LogP contribution in [-0.4, -0.2) is 9.97 Å². The minimum absolute atomic E-state index is 0.677. The van der Waals surface area contributed by atoms with Gasteiger partial charge >= 0.3 is 0 Å². The average molecular weight is 253 g/mol. The van der Waals surface area contributed by atoms with Crippen LogP contribution < -0.4 is 5.73 Å². The molecule has 4 heteroatoms. The van der Waals surface area contributed by atoms with Crippen molar-refractivity contribution >= 4 is 16.9 Å². The fraction of sp³-hybridized carbons (Fsp3) is 0.200. The monoisotopic (exact) mass is 253 g/mol. The molecule has 3 rings (SSSR count). The number of nitrogen functional groups attached to an aromatic ring is 1. The molecule has 0 atom stereocenters. The maximum atomic E-state index is 5.92. The van der Waals surface area contributed by atoms with Gasteiger partial charge in [-0.15, -0.1) is 0 Å². The average Bonchev–Trinajstić information content (AvgIpc) is 2.79. The quantitative estimate of drug-likeness (QED) is 0.729. The maximum Gasteiger partial charge on any atom is 0.199 e. The highest BCUT2D eigenvalue weighted by Crippen LogP contribution is 2.17. The summed E-state index contributed by atoms with van der Waals surface area (Å²) in [5.74, 6) is 0.705. The topological polar surface area (TPSA) is 64.9 Å². The molecule has 0 aliphatic carbocycles. The van der Waals surface area contributed by atoms with Gasteiger partial charge in [-0.05, 0) is 37.1 Å². The van der Waals surface area contributed by atoms with E-state index in [9.17, 15) is 0 Å². The third kappa shape index (κ3) is 2.42. The fourth-order valence-corrected chi connectivity index (χ4v) is 2.07. The molecule has 2 heterocycles. The van der Waals surface area contributed by atoms with Crippen molar-refractivity contribution in [3.05, 3.63) is 53.5 Å². The molecular weight excluding hydrogens is 238 g/mol. The van der Waals surface area contributed by atoms with Crippen molar-refractivity contribution in [2.45, 2.75) is 19.8 Å². The number of aryl methyl sites for hydroxylation is 3. The number of para-hydroxylation sites is 1. The van der Waals surface area contributed by atoms with Crippen LogP contribution in [0.25, 0.3) is 11.2 Å². The Hall–Kier alpha value is -2.36. The molecule has 4 nitrogen and oxygen atoms in total. The molecule has 1 aromatic carbocycles. The molecule has 2 aromatic heterocycles. The number of anilines is 1. The van der Waals surface area contributed by atoms with Crippen LogP contribution in [0.4, 0.5) is 5.69 Å².